The number of carbonyl (C=O) groups excluding carboxylic acids is 4. The first-order valence-corrected chi connectivity index (χ1v) is 25.0. The van der Waals surface area contributed by atoms with E-state index in [-0.39, 0.29) is 67.6 Å². The third-order valence-electron chi connectivity index (χ3n) is 11.8. The van der Waals surface area contributed by atoms with Gasteiger partial charge < -0.3 is 24.2 Å². The maximum atomic E-state index is 13.9. The van der Waals surface area contributed by atoms with Gasteiger partial charge in [-0.1, -0.05) is 75.2 Å². The Labute approximate surface area is 405 Å². The number of hydrogen-bond donors (Lipinski definition) is 1. The number of hydroxylamine groups is 2. The third kappa shape index (κ3) is 14.6. The van der Waals surface area contributed by atoms with Crippen molar-refractivity contribution < 1.29 is 84.1 Å². The van der Waals surface area contributed by atoms with E-state index in [0.717, 1.165) is 33.9 Å². The zero-order chi connectivity index (χ0) is 46.7. The molecule has 0 atom stereocenters. The Hall–Kier alpha value is -4.23. The summed E-state index contributed by atoms with van der Waals surface area (Å²) in [5.41, 5.74) is 5.53. The summed E-state index contributed by atoms with van der Waals surface area (Å²) in [6.07, 6.45) is 15.0. The number of anilines is 1. The van der Waals surface area contributed by atoms with Crippen LogP contribution in [0.2, 0.25) is 0 Å². The minimum absolute atomic E-state index is 0. The van der Waals surface area contributed by atoms with Crippen molar-refractivity contribution in [3.63, 3.8) is 0 Å². The summed E-state index contributed by atoms with van der Waals surface area (Å²) < 4.78 is 69.9. The fourth-order valence-electron chi connectivity index (χ4n) is 8.41. The van der Waals surface area contributed by atoms with E-state index in [2.05, 4.69) is 54.6 Å². The van der Waals surface area contributed by atoms with Crippen LogP contribution in [0.3, 0.4) is 0 Å². The van der Waals surface area contributed by atoms with E-state index < -0.39 is 60.4 Å². The van der Waals surface area contributed by atoms with Crippen molar-refractivity contribution in [1.82, 2.24) is 10.4 Å². The molecule has 2 aromatic rings. The molecule has 0 spiro atoms. The molecule has 0 bridgehead atoms. The zero-order valence-electron chi connectivity index (χ0n) is 38.0. The average Bonchev–Trinajstić information content (AvgIpc) is 3.74. The molecule has 1 fully saturated rings. The molecule has 0 aliphatic carbocycles. The normalized spacial score (nSPS) is 17.6. The quantitative estimate of drug-likeness (QED) is 0.0324. The standard InChI is InChI=1S/C47H60N4O11S2.Na/c1-46(2)36-21-8-10-23-38(36)49(31-13-15-33-63(56,57)58)40(46)25-17-19-35(45(55)48-30-12-6-5-7-27-44(54)62-51-42(52)28-29-43(51)53)20-18-26-41-47(3,4)37-22-9-11-24-39(37)50(41)32-14-16-34-64(59,60)61;/h8-11,17-26H,5-7,12-16,27-34H2,1-4H3,(H2-,48,55,56,57,58,59,60,61);/q;+1/p-1. The number of rotatable bonds is 23. The predicted molar refractivity (Wildman–Crippen MR) is 241 cm³/mol. The third-order valence-corrected chi connectivity index (χ3v) is 13.3. The molecule has 5 rings (SSSR count). The van der Waals surface area contributed by atoms with Crippen LogP contribution in [0.5, 0.6) is 0 Å². The molecule has 0 aromatic heterocycles. The molecule has 0 saturated carbocycles. The molecule has 2 aromatic carbocycles. The molecule has 65 heavy (non-hydrogen) atoms. The number of imide groups is 1. The number of amides is 3. The molecule has 346 valence electrons. The zero-order valence-corrected chi connectivity index (χ0v) is 41.7. The van der Waals surface area contributed by atoms with Crippen molar-refractivity contribution in [2.24, 2.45) is 0 Å². The number of hydrogen-bond acceptors (Lipinski definition) is 12. The van der Waals surface area contributed by atoms with Crippen molar-refractivity contribution in [2.45, 2.75) is 109 Å². The van der Waals surface area contributed by atoms with Crippen LogP contribution in [0.1, 0.15) is 109 Å². The van der Waals surface area contributed by atoms with Crippen molar-refractivity contribution >= 4 is 61.0 Å². The summed E-state index contributed by atoms with van der Waals surface area (Å²) in [5.74, 6) is -2.89. The number of unbranched alkanes of at least 4 members (excludes halogenated alkanes) is 5. The Morgan fingerprint density at radius 1 is 0.785 bits per heavy atom. The van der Waals surface area contributed by atoms with Crippen LogP contribution in [0.4, 0.5) is 11.4 Å². The van der Waals surface area contributed by atoms with E-state index in [0.29, 0.717) is 68.8 Å². The summed E-state index contributed by atoms with van der Waals surface area (Å²) >= 11 is 0. The minimum Gasteiger partial charge on any atom is -0.748 e. The van der Waals surface area contributed by atoms with Gasteiger partial charge in [0.2, 0.25) is 5.69 Å². The summed E-state index contributed by atoms with van der Waals surface area (Å²) in [6, 6.07) is 15.9. The molecule has 18 heteroatoms. The van der Waals surface area contributed by atoms with Gasteiger partial charge in [-0.25, -0.2) is 21.6 Å². The number of nitrogens with one attached hydrogen (secondary N) is 1. The van der Waals surface area contributed by atoms with Crippen LogP contribution in [-0.4, -0.2) is 96.1 Å². The maximum absolute atomic E-state index is 13.9. The second kappa shape index (κ2) is 23.5. The van der Waals surface area contributed by atoms with Gasteiger partial charge >= 0.3 is 35.5 Å². The largest absolute Gasteiger partial charge is 1.00 e. The number of allylic oxidation sites excluding steroid dienone is 6. The minimum atomic E-state index is -4.33. The van der Waals surface area contributed by atoms with Crippen LogP contribution >= 0.6 is 0 Å². The molecule has 15 nitrogen and oxygen atoms in total. The molecular weight excluding hydrogens is 884 g/mol. The summed E-state index contributed by atoms with van der Waals surface area (Å²) in [5, 5.41) is 3.55. The van der Waals surface area contributed by atoms with E-state index in [9.17, 15) is 45.1 Å². The molecule has 1 N–H and O–H groups in total. The number of carbonyl (C=O) groups is 4. The van der Waals surface area contributed by atoms with E-state index in [1.807, 2.05) is 60.7 Å². The number of nitrogens with zero attached hydrogens (tertiary/aromatic N) is 3. The van der Waals surface area contributed by atoms with Gasteiger partial charge in [-0.2, -0.15) is 4.58 Å². The van der Waals surface area contributed by atoms with Gasteiger partial charge in [0.15, 0.2) is 5.71 Å². The topological polar surface area (TPSA) is 213 Å². The second-order valence-corrected chi connectivity index (χ2v) is 20.3. The summed E-state index contributed by atoms with van der Waals surface area (Å²) in [7, 11) is -8.67. The summed E-state index contributed by atoms with van der Waals surface area (Å²) in [6.45, 7) is 9.73. The van der Waals surface area contributed by atoms with Gasteiger partial charge in [-0.15, -0.1) is 5.06 Å². The molecule has 0 radical (unpaired) electrons. The van der Waals surface area contributed by atoms with Crippen molar-refractivity contribution in [1.29, 1.82) is 0 Å². The fourth-order valence-corrected chi connectivity index (χ4v) is 9.53. The van der Waals surface area contributed by atoms with Crippen molar-refractivity contribution in [3.8, 4) is 0 Å². The van der Waals surface area contributed by atoms with Crippen LogP contribution < -0.4 is 39.8 Å². The average molecular weight is 943 g/mol. The van der Waals surface area contributed by atoms with Crippen LogP contribution in [-0.2, 0) is 55.1 Å². The molecule has 1 saturated heterocycles. The van der Waals surface area contributed by atoms with E-state index in [4.69, 9.17) is 4.84 Å². The Morgan fingerprint density at radius 2 is 1.40 bits per heavy atom. The van der Waals surface area contributed by atoms with Gasteiger partial charge in [0.1, 0.15) is 6.54 Å². The molecule has 3 aliphatic heterocycles. The fraction of sp³-hybridized carbons (Fsp3) is 0.468. The Kier molecular flexibility index (Phi) is 19.3. The Morgan fingerprint density at radius 3 is 2.08 bits per heavy atom. The van der Waals surface area contributed by atoms with Crippen LogP contribution in [0.25, 0.3) is 0 Å². The second-order valence-electron chi connectivity index (χ2n) is 17.3. The molecule has 3 heterocycles. The summed E-state index contributed by atoms with van der Waals surface area (Å²) in [4.78, 5) is 56.6. The maximum Gasteiger partial charge on any atom is 1.00 e. The van der Waals surface area contributed by atoms with E-state index in [1.54, 1.807) is 12.2 Å². The van der Waals surface area contributed by atoms with Gasteiger partial charge in [-0.3, -0.25) is 14.4 Å². The molecule has 0 unspecified atom stereocenters. The first kappa shape index (κ1) is 53.4. The SMILES string of the molecule is CC1(C)C(/C=C/C=C(/C=C/C=C2/N(CCCCS(=O)(=O)[O-])c3ccccc3C2(C)C)C(=O)NCCCCCCC(=O)ON2C(=O)CCC2=O)=[N+](CCCCS(=O)(=O)[O-])c2ccccc21.[Na+]. The first-order valence-electron chi connectivity index (χ1n) is 21.8. The molecule has 3 amide bonds. The molecule has 3 aliphatic rings. The van der Waals surface area contributed by atoms with Crippen molar-refractivity contribution in [2.75, 3.05) is 36.0 Å². The van der Waals surface area contributed by atoms with E-state index in [1.165, 1.54) is 0 Å². The monoisotopic (exact) mass is 942 g/mol. The predicted octanol–water partition coefficient (Wildman–Crippen LogP) is 3.11. The first-order chi connectivity index (χ1) is 30.2. The Bertz CT molecular complexity index is 2460. The van der Waals surface area contributed by atoms with Crippen LogP contribution in [0.15, 0.2) is 96.3 Å². The van der Waals surface area contributed by atoms with E-state index >= 15 is 0 Å². The van der Waals surface area contributed by atoms with Gasteiger partial charge in [0, 0.05) is 90.4 Å². The Balaban J connectivity index is 0.00000925. The molecular formula is C47H59N4NaO11S2. The van der Waals surface area contributed by atoms with Gasteiger partial charge in [0.25, 0.3) is 17.7 Å². The number of fused-ring (bicyclic) bond motifs is 2. The smallest absolute Gasteiger partial charge is 0.748 e. The van der Waals surface area contributed by atoms with Gasteiger partial charge in [0.05, 0.1) is 25.7 Å². The van der Waals surface area contributed by atoms with Gasteiger partial charge in [-0.05, 0) is 75.8 Å². The number of para-hydroxylation sites is 2. The van der Waals surface area contributed by atoms with Crippen LogP contribution in [0, 0.1) is 0 Å². The van der Waals surface area contributed by atoms with Crippen molar-refractivity contribution in [3.05, 3.63) is 107 Å². The number of benzene rings is 2.